The Labute approximate surface area is 144 Å². The van der Waals surface area contributed by atoms with E-state index < -0.39 is 21.7 Å². The molecule has 124 valence electrons. The zero-order chi connectivity index (χ0) is 15.8. The van der Waals surface area contributed by atoms with Crippen LogP contribution in [0, 0.1) is 0 Å². The summed E-state index contributed by atoms with van der Waals surface area (Å²) in [5.74, 6) is -1.20. The summed E-state index contributed by atoms with van der Waals surface area (Å²) in [7, 11) is 0. The quantitative estimate of drug-likeness (QED) is 0.569. The van der Waals surface area contributed by atoms with Crippen LogP contribution in [-0.2, 0) is 19.0 Å². The topological polar surface area (TPSA) is 56.8 Å². The highest BCUT2D eigenvalue weighted by Crippen LogP contribution is 2.39. The Balaban J connectivity index is 1.61. The van der Waals surface area contributed by atoms with Crippen LogP contribution in [0.25, 0.3) is 0 Å². The van der Waals surface area contributed by atoms with Gasteiger partial charge in [-0.1, -0.05) is 47.3 Å². The van der Waals surface area contributed by atoms with Gasteiger partial charge in [0.2, 0.25) is 0 Å². The van der Waals surface area contributed by atoms with Crippen LogP contribution in [0.2, 0.25) is 0 Å². The first kappa shape index (κ1) is 16.8. The first-order valence-corrected chi connectivity index (χ1v) is 8.55. The minimum Gasteiger partial charge on any atom is -0.347 e. The van der Waals surface area contributed by atoms with Gasteiger partial charge in [0.05, 0.1) is 6.61 Å². The Morgan fingerprint density at radius 3 is 2.59 bits per heavy atom. The third-order valence-electron chi connectivity index (χ3n) is 4.17. The van der Waals surface area contributed by atoms with E-state index in [2.05, 4.69) is 5.32 Å². The predicted molar refractivity (Wildman–Crippen MR) is 82.9 cm³/mol. The summed E-state index contributed by atoms with van der Waals surface area (Å²) in [5, 5.41) is 2.51. The minimum atomic E-state index is -2.01. The van der Waals surface area contributed by atoms with E-state index in [9.17, 15) is 4.79 Å². The molecule has 1 saturated heterocycles. The number of fused-ring (bicyclic) bond motifs is 1. The van der Waals surface area contributed by atoms with Crippen molar-refractivity contribution in [3.63, 3.8) is 0 Å². The molecule has 3 aliphatic rings. The van der Waals surface area contributed by atoms with Crippen molar-refractivity contribution in [2.45, 2.75) is 60.1 Å². The molecule has 0 bridgehead atoms. The fourth-order valence-corrected chi connectivity index (χ4v) is 3.22. The summed E-state index contributed by atoms with van der Waals surface area (Å²) < 4.78 is 15.8. The van der Waals surface area contributed by atoms with Gasteiger partial charge in [-0.3, -0.25) is 4.79 Å². The van der Waals surface area contributed by atoms with Gasteiger partial charge >= 0.3 is 0 Å². The average Bonchev–Trinajstić information content (AvgIpc) is 2.47. The molecule has 1 spiro atoms. The lowest BCUT2D eigenvalue weighted by Gasteiger charge is -2.47. The van der Waals surface area contributed by atoms with E-state index in [0.29, 0.717) is 6.61 Å². The minimum absolute atomic E-state index is 0.173. The number of hydrogen-bond donors (Lipinski definition) is 1. The molecule has 22 heavy (non-hydrogen) atoms. The van der Waals surface area contributed by atoms with Crippen LogP contribution in [-0.4, -0.2) is 40.5 Å². The van der Waals surface area contributed by atoms with Crippen LogP contribution in [0.15, 0.2) is 12.2 Å². The van der Waals surface area contributed by atoms with Gasteiger partial charge in [0, 0.05) is 12.8 Å². The molecule has 1 aliphatic carbocycles. The first-order valence-electron chi connectivity index (χ1n) is 7.41. The van der Waals surface area contributed by atoms with E-state index in [4.69, 9.17) is 49.0 Å². The number of rotatable bonds is 1. The zero-order valence-corrected chi connectivity index (χ0v) is 14.2. The average molecular weight is 371 g/mol. The maximum atomic E-state index is 11.7. The Morgan fingerprint density at radius 2 is 1.91 bits per heavy atom. The van der Waals surface area contributed by atoms with Gasteiger partial charge in [-0.15, -0.1) is 0 Å². The molecule has 3 rings (SSSR count). The summed E-state index contributed by atoms with van der Waals surface area (Å²) in [6.07, 6.45) is 7.76. The number of alkyl halides is 3. The molecule has 2 heterocycles. The lowest BCUT2D eigenvalue weighted by Crippen LogP contribution is -2.56. The third kappa shape index (κ3) is 3.71. The lowest BCUT2D eigenvalue weighted by molar-refractivity contribution is -0.332. The van der Waals surface area contributed by atoms with Gasteiger partial charge in [0.1, 0.15) is 18.4 Å². The molecule has 2 aliphatic heterocycles. The Hall–Kier alpha value is -0.0400. The van der Waals surface area contributed by atoms with Crippen molar-refractivity contribution in [3.8, 4) is 0 Å². The van der Waals surface area contributed by atoms with E-state index in [0.717, 1.165) is 25.7 Å². The number of ether oxygens (including phenoxy) is 3. The summed E-state index contributed by atoms with van der Waals surface area (Å²) in [5.41, 5.74) is 0. The fourth-order valence-electron chi connectivity index (χ4n) is 3.06. The van der Waals surface area contributed by atoms with Crippen molar-refractivity contribution in [2.75, 3.05) is 6.61 Å². The molecule has 0 aromatic carbocycles. The molecule has 1 N–H and O–H groups in total. The monoisotopic (exact) mass is 369 g/mol. The largest absolute Gasteiger partial charge is 0.347 e. The first-order chi connectivity index (χ1) is 10.4. The van der Waals surface area contributed by atoms with Crippen LogP contribution < -0.4 is 5.32 Å². The maximum absolute atomic E-state index is 11.7. The van der Waals surface area contributed by atoms with E-state index in [1.165, 1.54) is 6.42 Å². The van der Waals surface area contributed by atoms with Crippen molar-refractivity contribution in [1.29, 1.82) is 0 Å². The lowest BCUT2D eigenvalue weighted by atomic mass is 9.92. The van der Waals surface area contributed by atoms with Crippen LogP contribution in [0.1, 0.15) is 32.1 Å². The van der Waals surface area contributed by atoms with Crippen LogP contribution in [0.5, 0.6) is 0 Å². The Kier molecular flexibility index (Phi) is 4.93. The van der Waals surface area contributed by atoms with Crippen molar-refractivity contribution >= 4 is 40.7 Å². The molecule has 0 radical (unpaired) electrons. The van der Waals surface area contributed by atoms with Crippen molar-refractivity contribution in [1.82, 2.24) is 5.32 Å². The third-order valence-corrected chi connectivity index (χ3v) is 4.69. The molecular weight excluding hydrogens is 353 g/mol. The number of nitrogens with one attached hydrogen (secondary N) is 1. The van der Waals surface area contributed by atoms with E-state index >= 15 is 0 Å². The van der Waals surface area contributed by atoms with Gasteiger partial charge in [-0.2, -0.15) is 0 Å². The maximum Gasteiger partial charge on any atom is 0.274 e. The van der Waals surface area contributed by atoms with Crippen molar-refractivity contribution < 1.29 is 19.0 Å². The van der Waals surface area contributed by atoms with Gasteiger partial charge in [0.25, 0.3) is 9.70 Å². The molecule has 8 heteroatoms. The summed E-state index contributed by atoms with van der Waals surface area (Å²) in [6.45, 7) is 0.426. The normalized spacial score (nSPS) is 34.2. The van der Waals surface area contributed by atoms with E-state index in [-0.39, 0.29) is 12.2 Å². The van der Waals surface area contributed by atoms with E-state index in [1.54, 1.807) is 6.08 Å². The molecule has 0 unspecified atom stereocenters. The Morgan fingerprint density at radius 1 is 1.18 bits per heavy atom. The summed E-state index contributed by atoms with van der Waals surface area (Å²) >= 11 is 16.6. The van der Waals surface area contributed by atoms with Gasteiger partial charge in [0.15, 0.2) is 5.79 Å². The second-order valence-electron chi connectivity index (χ2n) is 5.82. The number of carbonyl (C=O) groups is 1. The van der Waals surface area contributed by atoms with Crippen LogP contribution in [0.4, 0.5) is 0 Å². The highest BCUT2D eigenvalue weighted by molar-refractivity contribution is 6.76. The van der Waals surface area contributed by atoms with Gasteiger partial charge in [-0.25, -0.2) is 0 Å². The van der Waals surface area contributed by atoms with Gasteiger partial charge < -0.3 is 19.5 Å². The molecule has 1 saturated carbocycles. The van der Waals surface area contributed by atoms with Crippen molar-refractivity contribution in [2.24, 2.45) is 0 Å². The zero-order valence-electron chi connectivity index (χ0n) is 11.9. The molecule has 5 nitrogen and oxygen atoms in total. The highest BCUT2D eigenvalue weighted by Gasteiger charge is 2.45. The van der Waals surface area contributed by atoms with Crippen LogP contribution >= 0.6 is 34.8 Å². The fraction of sp³-hybridized carbons (Fsp3) is 0.786. The standard InChI is InChI=1S/C14H18Cl3NO4/c15-14(16,17)12(19)18-11-5-4-9-10(21-11)8-20-13(22-9)6-2-1-3-7-13/h4-5,9-11H,1-3,6-8H2,(H,18,19)/t9-,10+,11+/m0/s1. The van der Waals surface area contributed by atoms with E-state index in [1.807, 2.05) is 6.08 Å². The number of halogens is 3. The second-order valence-corrected chi connectivity index (χ2v) is 8.10. The molecule has 1 amide bonds. The predicted octanol–water partition coefficient (Wildman–Crippen LogP) is 2.83. The number of carbonyl (C=O) groups excluding carboxylic acids is 1. The summed E-state index contributed by atoms with van der Waals surface area (Å²) in [4.78, 5) is 11.7. The molecule has 0 aromatic heterocycles. The van der Waals surface area contributed by atoms with Crippen molar-refractivity contribution in [3.05, 3.63) is 12.2 Å². The Bertz CT molecular complexity index is 459. The SMILES string of the molecule is O=C(N[C@H]1C=C[C@@H]2OC3(CCCCC3)OC[C@H]2O1)C(Cl)(Cl)Cl. The molecule has 0 aromatic rings. The number of amides is 1. The molecule has 3 atom stereocenters. The summed E-state index contributed by atoms with van der Waals surface area (Å²) in [6, 6.07) is 0. The highest BCUT2D eigenvalue weighted by atomic mass is 35.6. The van der Waals surface area contributed by atoms with Gasteiger partial charge in [-0.05, 0) is 18.9 Å². The van der Waals surface area contributed by atoms with Crippen LogP contribution in [0.3, 0.4) is 0 Å². The smallest absolute Gasteiger partial charge is 0.274 e. The molecular formula is C14H18Cl3NO4. The second kappa shape index (κ2) is 6.46. The molecule has 2 fully saturated rings. The number of hydrogen-bond acceptors (Lipinski definition) is 4.